The number of aliphatic imine (C=N–C) groups is 1. The molecule has 1 unspecified atom stereocenters. The van der Waals surface area contributed by atoms with Crippen LogP contribution < -0.4 is 4.74 Å². The minimum Gasteiger partial charge on any atom is -0.478 e. The van der Waals surface area contributed by atoms with Gasteiger partial charge in [0.2, 0.25) is 5.91 Å². The lowest BCUT2D eigenvalue weighted by Crippen LogP contribution is -2.30. The summed E-state index contributed by atoms with van der Waals surface area (Å²) in [6.45, 7) is 1.58. The van der Waals surface area contributed by atoms with E-state index in [1.165, 1.54) is 12.4 Å². The molecule has 3 heterocycles. The molecule has 1 aliphatic carbocycles. The molecule has 2 aliphatic rings. The lowest BCUT2D eigenvalue weighted by Gasteiger charge is -2.14. The van der Waals surface area contributed by atoms with E-state index in [2.05, 4.69) is 31.8 Å². The summed E-state index contributed by atoms with van der Waals surface area (Å²) >= 11 is 0. The number of benzene rings is 1. The number of hydrogen-bond acceptors (Lipinski definition) is 5. The molecule has 0 radical (unpaired) electrons. The fourth-order valence-corrected chi connectivity index (χ4v) is 3.78. The van der Waals surface area contributed by atoms with Crippen molar-refractivity contribution in [3.8, 4) is 17.6 Å². The summed E-state index contributed by atoms with van der Waals surface area (Å²) in [6.07, 6.45) is 6.33. The summed E-state index contributed by atoms with van der Waals surface area (Å²) in [7, 11) is 0. The van der Waals surface area contributed by atoms with Crippen LogP contribution in [0.25, 0.3) is 11.0 Å². The number of aromatic amines is 1. The predicted molar refractivity (Wildman–Crippen MR) is 118 cm³/mol. The number of aromatic nitrogens is 3. The van der Waals surface area contributed by atoms with Gasteiger partial charge in [0.05, 0.1) is 11.1 Å². The number of amides is 1. The maximum absolute atomic E-state index is 13.6. The number of carbonyl (C=O) groups is 1. The van der Waals surface area contributed by atoms with E-state index in [4.69, 9.17) is 4.74 Å². The fraction of sp³-hybridized carbons (Fsp3) is 0.333. The minimum absolute atomic E-state index is 0.0603. The SMILES string of the molecule is O=C(C1CC1)N1CCC(/C=N/c2ncnc3[nH]c(C#CCOc4ccccc4F)cc23)C1. The molecule has 162 valence electrons. The van der Waals surface area contributed by atoms with Gasteiger partial charge in [-0.3, -0.25) is 4.79 Å². The van der Waals surface area contributed by atoms with Gasteiger partial charge in [-0.2, -0.15) is 0 Å². The summed E-state index contributed by atoms with van der Waals surface area (Å²) in [6, 6.07) is 8.06. The quantitative estimate of drug-likeness (QED) is 0.495. The Labute approximate surface area is 184 Å². The van der Waals surface area contributed by atoms with E-state index >= 15 is 0 Å². The van der Waals surface area contributed by atoms with Crippen LogP contribution in [0.15, 0.2) is 41.7 Å². The normalized spacial score (nSPS) is 18.2. The van der Waals surface area contributed by atoms with Crippen LogP contribution in [0.5, 0.6) is 5.75 Å². The summed E-state index contributed by atoms with van der Waals surface area (Å²) in [5, 5.41) is 0.770. The molecule has 0 bridgehead atoms. The van der Waals surface area contributed by atoms with Crippen molar-refractivity contribution in [2.45, 2.75) is 19.3 Å². The molecule has 8 heteroatoms. The molecule has 1 aliphatic heterocycles. The third kappa shape index (κ3) is 4.47. The first-order valence-electron chi connectivity index (χ1n) is 10.7. The molecule has 2 fully saturated rings. The molecule has 0 spiro atoms. The first-order chi connectivity index (χ1) is 15.7. The zero-order chi connectivity index (χ0) is 21.9. The number of carbonyl (C=O) groups excluding carboxylic acids is 1. The molecule has 1 atom stereocenters. The van der Waals surface area contributed by atoms with Crippen LogP contribution in [0, 0.1) is 29.5 Å². The molecule has 1 saturated carbocycles. The number of likely N-dealkylation sites (tertiary alicyclic amines) is 1. The second-order valence-corrected chi connectivity index (χ2v) is 8.05. The van der Waals surface area contributed by atoms with Crippen molar-refractivity contribution in [2.24, 2.45) is 16.8 Å². The van der Waals surface area contributed by atoms with E-state index < -0.39 is 5.82 Å². The fourth-order valence-electron chi connectivity index (χ4n) is 3.78. The van der Waals surface area contributed by atoms with Crippen molar-refractivity contribution in [3.05, 3.63) is 48.2 Å². The number of ether oxygens (including phenoxy) is 1. The topological polar surface area (TPSA) is 83.5 Å². The molecule has 1 N–H and O–H groups in total. The van der Waals surface area contributed by atoms with Crippen LogP contribution in [0.3, 0.4) is 0 Å². The lowest BCUT2D eigenvalue weighted by atomic mass is 10.1. The number of hydrogen-bond donors (Lipinski definition) is 1. The zero-order valence-electron chi connectivity index (χ0n) is 17.4. The van der Waals surface area contributed by atoms with E-state index in [9.17, 15) is 9.18 Å². The van der Waals surface area contributed by atoms with Gasteiger partial charge in [-0.1, -0.05) is 18.1 Å². The Balaban J connectivity index is 1.24. The van der Waals surface area contributed by atoms with E-state index in [1.54, 1.807) is 18.2 Å². The van der Waals surface area contributed by atoms with Crippen molar-refractivity contribution in [1.82, 2.24) is 19.9 Å². The molecule has 2 aromatic heterocycles. The standard InChI is InChI=1S/C24H22FN5O2/c25-20-5-1-2-6-21(20)32-11-3-4-18-12-19-22(27-15-28-23(19)29-18)26-13-16-9-10-30(14-16)24(31)17-7-8-17/h1-2,5-6,12-13,15-17H,7-11,14H2,(H,27,28,29)/b26-13+. The first kappa shape index (κ1) is 20.2. The van der Waals surface area contributed by atoms with E-state index in [0.717, 1.165) is 37.7 Å². The average Bonchev–Trinajstić information content (AvgIpc) is 3.39. The van der Waals surface area contributed by atoms with E-state index in [0.29, 0.717) is 17.2 Å². The number of rotatable bonds is 5. The van der Waals surface area contributed by atoms with Crippen molar-refractivity contribution in [2.75, 3.05) is 19.7 Å². The van der Waals surface area contributed by atoms with Crippen LogP contribution in [0.2, 0.25) is 0 Å². The Morgan fingerprint density at radius 1 is 1.31 bits per heavy atom. The highest BCUT2D eigenvalue weighted by molar-refractivity contribution is 5.89. The third-order valence-corrected chi connectivity index (χ3v) is 5.63. The number of nitrogens with one attached hydrogen (secondary N) is 1. The molecule has 1 saturated heterocycles. The van der Waals surface area contributed by atoms with Crippen LogP contribution in [-0.4, -0.2) is 51.7 Å². The Morgan fingerprint density at radius 3 is 3.03 bits per heavy atom. The Morgan fingerprint density at radius 2 is 2.19 bits per heavy atom. The van der Waals surface area contributed by atoms with Crippen molar-refractivity contribution in [3.63, 3.8) is 0 Å². The number of fused-ring (bicyclic) bond motifs is 1. The zero-order valence-corrected chi connectivity index (χ0v) is 17.4. The summed E-state index contributed by atoms with van der Waals surface area (Å²) < 4.78 is 18.9. The van der Waals surface area contributed by atoms with Crippen LogP contribution in [0.1, 0.15) is 25.0 Å². The Bertz CT molecular complexity index is 1240. The number of para-hydroxylation sites is 1. The number of H-pyrrole nitrogens is 1. The molecule has 3 aromatic rings. The van der Waals surface area contributed by atoms with Crippen LogP contribution >= 0.6 is 0 Å². The van der Waals surface area contributed by atoms with E-state index in [-0.39, 0.29) is 30.1 Å². The molecule has 7 nitrogen and oxygen atoms in total. The van der Waals surface area contributed by atoms with Gasteiger partial charge in [0.25, 0.3) is 0 Å². The van der Waals surface area contributed by atoms with Gasteiger partial charge >= 0.3 is 0 Å². The van der Waals surface area contributed by atoms with Crippen LogP contribution in [0.4, 0.5) is 10.2 Å². The van der Waals surface area contributed by atoms with Crippen LogP contribution in [-0.2, 0) is 4.79 Å². The number of halogens is 1. The Kier molecular flexibility index (Phi) is 5.55. The van der Waals surface area contributed by atoms with Gasteiger partial charge in [-0.25, -0.2) is 19.4 Å². The largest absolute Gasteiger partial charge is 0.478 e. The molecule has 5 rings (SSSR count). The maximum Gasteiger partial charge on any atom is 0.225 e. The molecule has 32 heavy (non-hydrogen) atoms. The van der Waals surface area contributed by atoms with E-state index in [1.807, 2.05) is 17.2 Å². The first-order valence-corrected chi connectivity index (χ1v) is 10.7. The average molecular weight is 431 g/mol. The number of nitrogens with zero attached hydrogens (tertiary/aromatic N) is 4. The summed E-state index contributed by atoms with van der Waals surface area (Å²) in [5.74, 6) is 6.93. The van der Waals surface area contributed by atoms with Gasteiger partial charge in [-0.15, -0.1) is 0 Å². The van der Waals surface area contributed by atoms with Crippen molar-refractivity contribution < 1.29 is 13.9 Å². The highest BCUT2D eigenvalue weighted by atomic mass is 19.1. The highest BCUT2D eigenvalue weighted by Crippen LogP contribution is 2.33. The van der Waals surface area contributed by atoms with Crippen molar-refractivity contribution >= 4 is 29.0 Å². The second-order valence-electron chi connectivity index (χ2n) is 8.05. The Hall–Kier alpha value is -3.73. The molecular weight excluding hydrogens is 409 g/mol. The molecule has 1 amide bonds. The highest BCUT2D eigenvalue weighted by Gasteiger charge is 2.36. The lowest BCUT2D eigenvalue weighted by molar-refractivity contribution is -0.131. The van der Waals surface area contributed by atoms with Crippen molar-refractivity contribution in [1.29, 1.82) is 0 Å². The summed E-state index contributed by atoms with van der Waals surface area (Å²) in [5.41, 5.74) is 1.29. The van der Waals surface area contributed by atoms with Gasteiger partial charge in [0.1, 0.15) is 18.6 Å². The third-order valence-electron chi connectivity index (χ3n) is 5.63. The second kappa shape index (κ2) is 8.79. The maximum atomic E-state index is 13.6. The van der Waals surface area contributed by atoms with Gasteiger partial charge in [0.15, 0.2) is 17.4 Å². The molecule has 1 aromatic carbocycles. The van der Waals surface area contributed by atoms with Gasteiger partial charge in [0, 0.05) is 31.1 Å². The monoisotopic (exact) mass is 431 g/mol. The van der Waals surface area contributed by atoms with Gasteiger partial charge < -0.3 is 14.6 Å². The predicted octanol–water partition coefficient (Wildman–Crippen LogP) is 3.49. The molecular formula is C24H22FN5O2. The summed E-state index contributed by atoms with van der Waals surface area (Å²) in [4.78, 5) is 30.4. The smallest absolute Gasteiger partial charge is 0.225 e. The minimum atomic E-state index is -0.417. The van der Waals surface area contributed by atoms with Gasteiger partial charge in [-0.05, 0) is 43.4 Å².